The molecule has 2 heteroatoms. The van der Waals surface area contributed by atoms with Crippen molar-refractivity contribution in [2.75, 3.05) is 6.61 Å². The quantitative estimate of drug-likeness (QED) is 0.645. The lowest BCUT2D eigenvalue weighted by Gasteiger charge is -2.31. The normalized spacial score (nSPS) is 34.0. The second-order valence-corrected chi connectivity index (χ2v) is 3.75. The molecule has 1 rings (SSSR count). The van der Waals surface area contributed by atoms with E-state index in [0.717, 1.165) is 13.0 Å². The van der Waals surface area contributed by atoms with Gasteiger partial charge in [0.15, 0.2) is 0 Å². The lowest BCUT2D eigenvalue weighted by Crippen LogP contribution is -2.41. The van der Waals surface area contributed by atoms with Gasteiger partial charge in [0.25, 0.3) is 0 Å². The predicted molar refractivity (Wildman–Crippen MR) is 51.1 cm³/mol. The summed E-state index contributed by atoms with van der Waals surface area (Å²) in [7, 11) is 0. The first-order valence-electron chi connectivity index (χ1n) is 5.09. The average Bonchev–Trinajstić information content (AvgIpc) is 2.45. The summed E-state index contributed by atoms with van der Waals surface area (Å²) in [4.78, 5) is 2.50. The molecule has 0 amide bonds. The van der Waals surface area contributed by atoms with E-state index in [-0.39, 0.29) is 0 Å². The highest BCUT2D eigenvalue weighted by Gasteiger charge is 2.32. The molecule has 0 bridgehead atoms. The molecule has 0 spiro atoms. The van der Waals surface area contributed by atoms with Crippen molar-refractivity contribution < 1.29 is 4.74 Å². The molecule has 0 aromatic heterocycles. The molecule has 1 saturated heterocycles. The Labute approximate surface area is 75.9 Å². The predicted octanol–water partition coefficient (Wildman–Crippen LogP) is 2.24. The molecule has 0 radical (unpaired) electrons. The van der Waals surface area contributed by atoms with Gasteiger partial charge in [-0.15, -0.1) is 0 Å². The van der Waals surface area contributed by atoms with Crippen molar-refractivity contribution in [2.24, 2.45) is 0 Å². The molecule has 0 aromatic carbocycles. The van der Waals surface area contributed by atoms with Crippen molar-refractivity contribution >= 4 is 0 Å². The van der Waals surface area contributed by atoms with Crippen LogP contribution >= 0.6 is 0 Å². The van der Waals surface area contributed by atoms with E-state index in [4.69, 9.17) is 4.74 Å². The summed E-state index contributed by atoms with van der Waals surface area (Å²) in [5, 5.41) is 0. The van der Waals surface area contributed by atoms with Crippen molar-refractivity contribution in [3.63, 3.8) is 0 Å². The highest BCUT2D eigenvalue weighted by Crippen LogP contribution is 2.23. The Hall–Kier alpha value is -0.0800. The van der Waals surface area contributed by atoms with E-state index in [0.29, 0.717) is 18.3 Å². The van der Waals surface area contributed by atoms with E-state index in [1.807, 2.05) is 0 Å². The van der Waals surface area contributed by atoms with Gasteiger partial charge in [-0.05, 0) is 26.7 Å². The lowest BCUT2D eigenvalue weighted by atomic mass is 10.1. The molecule has 0 aromatic rings. The Bertz CT molecular complexity index is 138. The van der Waals surface area contributed by atoms with E-state index in [1.54, 1.807) is 0 Å². The van der Waals surface area contributed by atoms with E-state index in [2.05, 4.69) is 32.6 Å². The molecular weight excluding hydrogens is 150 g/mol. The van der Waals surface area contributed by atoms with Crippen LogP contribution in [0.2, 0.25) is 0 Å². The molecular formula is C10H21NO. The van der Waals surface area contributed by atoms with Gasteiger partial charge in [0, 0.05) is 12.1 Å². The average molecular weight is 171 g/mol. The van der Waals surface area contributed by atoms with Crippen LogP contribution in [0.15, 0.2) is 0 Å². The summed E-state index contributed by atoms with van der Waals surface area (Å²) in [6.45, 7) is 9.87. The summed E-state index contributed by atoms with van der Waals surface area (Å²) < 4.78 is 5.68. The monoisotopic (exact) mass is 171 g/mol. The maximum absolute atomic E-state index is 5.68. The van der Waals surface area contributed by atoms with Gasteiger partial charge < -0.3 is 4.74 Å². The Morgan fingerprint density at radius 2 is 2.17 bits per heavy atom. The fraction of sp³-hybridized carbons (Fsp3) is 1.00. The SMILES string of the molecule is CCC(C)N1C(CC)OC[C@H]1C. The smallest absolute Gasteiger partial charge is 0.110 e. The highest BCUT2D eigenvalue weighted by molar-refractivity contribution is 4.80. The first kappa shape index (κ1) is 10.0. The van der Waals surface area contributed by atoms with Crippen molar-refractivity contribution in [3.8, 4) is 0 Å². The molecule has 0 N–H and O–H groups in total. The molecule has 2 unspecified atom stereocenters. The summed E-state index contributed by atoms with van der Waals surface area (Å²) in [5.74, 6) is 0. The molecule has 3 atom stereocenters. The summed E-state index contributed by atoms with van der Waals surface area (Å²) in [6, 6.07) is 1.26. The maximum Gasteiger partial charge on any atom is 0.110 e. The molecule has 12 heavy (non-hydrogen) atoms. The minimum Gasteiger partial charge on any atom is -0.362 e. The fourth-order valence-electron chi connectivity index (χ4n) is 1.96. The van der Waals surface area contributed by atoms with Crippen LogP contribution in [-0.4, -0.2) is 29.8 Å². The van der Waals surface area contributed by atoms with Crippen LogP contribution < -0.4 is 0 Å². The molecule has 1 heterocycles. The second kappa shape index (κ2) is 4.24. The number of nitrogens with zero attached hydrogens (tertiary/aromatic N) is 1. The Morgan fingerprint density at radius 1 is 1.50 bits per heavy atom. The summed E-state index contributed by atoms with van der Waals surface area (Å²) in [6.07, 6.45) is 2.69. The van der Waals surface area contributed by atoms with Crippen molar-refractivity contribution in [2.45, 2.75) is 58.8 Å². The summed E-state index contributed by atoms with van der Waals surface area (Å²) in [5.41, 5.74) is 0. The minimum atomic E-state index is 0.370. The molecule has 1 aliphatic heterocycles. The third-order valence-electron chi connectivity index (χ3n) is 2.82. The van der Waals surface area contributed by atoms with Crippen LogP contribution in [0.25, 0.3) is 0 Å². The van der Waals surface area contributed by atoms with Crippen molar-refractivity contribution in [3.05, 3.63) is 0 Å². The van der Waals surface area contributed by atoms with Crippen molar-refractivity contribution in [1.29, 1.82) is 0 Å². The lowest BCUT2D eigenvalue weighted by molar-refractivity contribution is 0.00821. The van der Waals surface area contributed by atoms with E-state index >= 15 is 0 Å². The van der Waals surface area contributed by atoms with Gasteiger partial charge in [0.05, 0.1) is 6.61 Å². The van der Waals surface area contributed by atoms with Gasteiger partial charge in [0.1, 0.15) is 6.23 Å². The zero-order valence-electron chi connectivity index (χ0n) is 8.71. The number of ether oxygens (including phenoxy) is 1. The van der Waals surface area contributed by atoms with E-state index < -0.39 is 0 Å². The molecule has 72 valence electrons. The van der Waals surface area contributed by atoms with Gasteiger partial charge in [-0.2, -0.15) is 0 Å². The summed E-state index contributed by atoms with van der Waals surface area (Å²) >= 11 is 0. The molecule has 1 fully saturated rings. The standard InChI is InChI=1S/C10H21NO/c1-5-8(3)11-9(4)7-12-10(11)6-2/h8-10H,5-7H2,1-4H3/t8?,9-,10?/m1/s1. The first-order chi connectivity index (χ1) is 5.70. The largest absolute Gasteiger partial charge is 0.362 e. The van der Waals surface area contributed by atoms with Crippen LogP contribution in [0.4, 0.5) is 0 Å². The maximum atomic E-state index is 5.68. The van der Waals surface area contributed by atoms with Gasteiger partial charge in [0.2, 0.25) is 0 Å². The Morgan fingerprint density at radius 3 is 2.67 bits per heavy atom. The van der Waals surface area contributed by atoms with Gasteiger partial charge in [-0.3, -0.25) is 4.90 Å². The fourth-order valence-corrected chi connectivity index (χ4v) is 1.96. The second-order valence-electron chi connectivity index (χ2n) is 3.75. The molecule has 1 aliphatic rings. The van der Waals surface area contributed by atoms with Gasteiger partial charge in [-0.25, -0.2) is 0 Å². The highest BCUT2D eigenvalue weighted by atomic mass is 16.5. The number of hydrogen-bond acceptors (Lipinski definition) is 2. The zero-order chi connectivity index (χ0) is 9.14. The van der Waals surface area contributed by atoms with E-state index in [9.17, 15) is 0 Å². The van der Waals surface area contributed by atoms with Crippen LogP contribution in [0.1, 0.15) is 40.5 Å². The van der Waals surface area contributed by atoms with E-state index in [1.165, 1.54) is 6.42 Å². The third kappa shape index (κ3) is 1.80. The minimum absolute atomic E-state index is 0.370. The zero-order valence-corrected chi connectivity index (χ0v) is 8.71. The van der Waals surface area contributed by atoms with Crippen LogP contribution in [-0.2, 0) is 4.74 Å². The Balaban J connectivity index is 2.56. The Kier molecular flexibility index (Phi) is 3.53. The molecule has 2 nitrogen and oxygen atoms in total. The van der Waals surface area contributed by atoms with Crippen molar-refractivity contribution in [1.82, 2.24) is 4.90 Å². The first-order valence-corrected chi connectivity index (χ1v) is 5.09. The molecule has 0 aliphatic carbocycles. The topological polar surface area (TPSA) is 12.5 Å². The van der Waals surface area contributed by atoms with Gasteiger partial charge in [-0.1, -0.05) is 13.8 Å². The molecule has 0 saturated carbocycles. The third-order valence-corrected chi connectivity index (χ3v) is 2.82. The van der Waals surface area contributed by atoms with Crippen LogP contribution in [0.5, 0.6) is 0 Å². The van der Waals surface area contributed by atoms with Crippen LogP contribution in [0, 0.1) is 0 Å². The van der Waals surface area contributed by atoms with Gasteiger partial charge >= 0.3 is 0 Å². The number of rotatable bonds is 3. The number of hydrogen-bond donors (Lipinski definition) is 0. The van der Waals surface area contributed by atoms with Crippen LogP contribution in [0.3, 0.4) is 0 Å².